The molecule has 1 atom stereocenters. The van der Waals surface area contributed by atoms with Crippen LogP contribution in [0.4, 0.5) is 0 Å². The van der Waals surface area contributed by atoms with Crippen molar-refractivity contribution in [2.24, 2.45) is 0 Å². The maximum absolute atomic E-state index is 9.99. The van der Waals surface area contributed by atoms with Crippen LogP contribution in [0.25, 0.3) is 0 Å². The van der Waals surface area contributed by atoms with Crippen LogP contribution in [-0.4, -0.2) is 11.7 Å². The quantitative estimate of drug-likeness (QED) is 0.651. The summed E-state index contributed by atoms with van der Waals surface area (Å²) in [6, 6.07) is 20.8. The second-order valence-electron chi connectivity index (χ2n) is 5.91. The lowest BCUT2D eigenvalue weighted by atomic mass is 10.1. The van der Waals surface area contributed by atoms with Gasteiger partial charge in [0.05, 0.1) is 17.9 Å². The molecule has 0 bridgehead atoms. The van der Waals surface area contributed by atoms with Gasteiger partial charge in [-0.2, -0.15) is 5.26 Å². The largest absolute Gasteiger partial charge is 0.489 e. The summed E-state index contributed by atoms with van der Waals surface area (Å²) in [4.78, 5) is 0. The van der Waals surface area contributed by atoms with Crippen molar-refractivity contribution in [2.45, 2.75) is 19.3 Å². The highest BCUT2D eigenvalue weighted by Gasteiger charge is 2.09. The summed E-state index contributed by atoms with van der Waals surface area (Å²) in [6.07, 6.45) is 0.878. The van der Waals surface area contributed by atoms with Crippen molar-refractivity contribution < 1.29 is 14.3 Å². The molecule has 0 aliphatic carbocycles. The highest BCUT2D eigenvalue weighted by Crippen LogP contribution is 2.16. The highest BCUT2D eigenvalue weighted by atomic mass is 16.5. The fraction of sp³-hybridized carbons (Fsp3) is 0.190. The van der Waals surface area contributed by atoms with Crippen LogP contribution >= 0.6 is 0 Å². The number of rotatable bonds is 8. The van der Waals surface area contributed by atoms with Crippen LogP contribution in [-0.2, 0) is 13.2 Å². The lowest BCUT2D eigenvalue weighted by Crippen LogP contribution is -2.20. The molecule has 3 rings (SSSR count). The third-order valence-electron chi connectivity index (χ3n) is 3.90. The number of benzene rings is 2. The summed E-state index contributed by atoms with van der Waals surface area (Å²) in [5.74, 6) is 1.31. The number of hydrogen-bond acceptors (Lipinski definition) is 5. The van der Waals surface area contributed by atoms with Gasteiger partial charge in [0.15, 0.2) is 0 Å². The molecule has 2 aromatic carbocycles. The number of aliphatic hydroxyl groups excluding tert-OH is 1. The zero-order chi connectivity index (χ0) is 18.2. The van der Waals surface area contributed by atoms with Gasteiger partial charge >= 0.3 is 0 Å². The smallest absolute Gasteiger partial charge is 0.133 e. The first-order valence-corrected chi connectivity index (χ1v) is 8.37. The first-order chi connectivity index (χ1) is 12.7. The van der Waals surface area contributed by atoms with E-state index in [2.05, 4.69) is 11.4 Å². The minimum atomic E-state index is -0.670. The molecule has 0 fully saturated rings. The van der Waals surface area contributed by atoms with Crippen LogP contribution in [0.5, 0.6) is 5.75 Å². The van der Waals surface area contributed by atoms with Gasteiger partial charge < -0.3 is 19.6 Å². The van der Waals surface area contributed by atoms with Gasteiger partial charge in [-0.25, -0.2) is 0 Å². The number of furan rings is 1. The Bertz CT molecular complexity index is 869. The average molecular weight is 348 g/mol. The average Bonchev–Trinajstić information content (AvgIpc) is 3.22. The Morgan fingerprint density at radius 3 is 2.73 bits per heavy atom. The van der Waals surface area contributed by atoms with E-state index in [1.807, 2.05) is 42.5 Å². The first kappa shape index (κ1) is 17.7. The summed E-state index contributed by atoms with van der Waals surface area (Å²) in [7, 11) is 0. The van der Waals surface area contributed by atoms with Gasteiger partial charge in [0.1, 0.15) is 24.2 Å². The molecule has 5 nitrogen and oxygen atoms in total. The second-order valence-corrected chi connectivity index (χ2v) is 5.91. The van der Waals surface area contributed by atoms with Crippen molar-refractivity contribution in [3.63, 3.8) is 0 Å². The van der Waals surface area contributed by atoms with Crippen molar-refractivity contribution >= 4 is 0 Å². The van der Waals surface area contributed by atoms with Gasteiger partial charge in [0.2, 0.25) is 0 Å². The molecule has 0 saturated heterocycles. The lowest BCUT2D eigenvalue weighted by Gasteiger charge is -2.11. The number of nitrogens with one attached hydrogen (secondary N) is 1. The van der Waals surface area contributed by atoms with Crippen LogP contribution in [0.15, 0.2) is 71.3 Å². The minimum absolute atomic E-state index is 0.402. The molecular weight excluding hydrogens is 328 g/mol. The lowest BCUT2D eigenvalue weighted by molar-refractivity contribution is 0.147. The van der Waals surface area contributed by atoms with Crippen LogP contribution in [0.3, 0.4) is 0 Å². The van der Waals surface area contributed by atoms with Crippen molar-refractivity contribution in [3.05, 3.63) is 89.4 Å². The number of ether oxygens (including phenoxy) is 1. The number of nitriles is 1. The van der Waals surface area contributed by atoms with E-state index in [1.165, 1.54) is 0 Å². The topological polar surface area (TPSA) is 78.4 Å². The molecule has 0 aliphatic heterocycles. The van der Waals surface area contributed by atoms with E-state index in [0.717, 1.165) is 16.9 Å². The normalized spacial score (nSPS) is 11.7. The van der Waals surface area contributed by atoms with Crippen molar-refractivity contribution in [2.75, 3.05) is 6.54 Å². The van der Waals surface area contributed by atoms with E-state index >= 15 is 0 Å². The van der Waals surface area contributed by atoms with Crippen LogP contribution in [0.1, 0.15) is 28.6 Å². The van der Waals surface area contributed by atoms with Gasteiger partial charge in [0, 0.05) is 13.1 Å². The molecule has 0 saturated carbocycles. The molecule has 1 aromatic heterocycles. The van der Waals surface area contributed by atoms with Crippen LogP contribution in [0, 0.1) is 11.3 Å². The van der Waals surface area contributed by atoms with Gasteiger partial charge in [0.25, 0.3) is 0 Å². The molecule has 5 heteroatoms. The maximum Gasteiger partial charge on any atom is 0.133 e. The van der Waals surface area contributed by atoms with Crippen LogP contribution < -0.4 is 10.1 Å². The predicted octanol–water partition coefficient (Wildman–Crippen LogP) is 3.55. The third-order valence-corrected chi connectivity index (χ3v) is 3.90. The summed E-state index contributed by atoms with van der Waals surface area (Å²) >= 11 is 0. The molecule has 1 heterocycles. The SMILES string of the molecule is N#Cc1cccc(COc2cccc(CNCC(O)c3ccco3)c2)c1. The predicted molar refractivity (Wildman–Crippen MR) is 97.3 cm³/mol. The van der Waals surface area contributed by atoms with Crippen LogP contribution in [0.2, 0.25) is 0 Å². The maximum atomic E-state index is 9.99. The summed E-state index contributed by atoms with van der Waals surface area (Å²) < 4.78 is 11.0. The highest BCUT2D eigenvalue weighted by molar-refractivity contribution is 5.33. The van der Waals surface area contributed by atoms with Gasteiger partial charge in [-0.3, -0.25) is 0 Å². The van der Waals surface area contributed by atoms with E-state index in [-0.39, 0.29) is 0 Å². The molecule has 132 valence electrons. The number of nitrogens with zero attached hydrogens (tertiary/aromatic N) is 1. The Hall–Kier alpha value is -3.07. The molecule has 26 heavy (non-hydrogen) atoms. The fourth-order valence-corrected chi connectivity index (χ4v) is 2.58. The summed E-state index contributed by atoms with van der Waals surface area (Å²) in [5.41, 5.74) is 2.63. The summed E-state index contributed by atoms with van der Waals surface area (Å²) in [6.45, 7) is 1.42. The monoisotopic (exact) mass is 348 g/mol. The number of hydrogen-bond donors (Lipinski definition) is 2. The Labute approximate surface area is 152 Å². The van der Waals surface area contributed by atoms with E-state index in [1.54, 1.807) is 24.5 Å². The van der Waals surface area contributed by atoms with Gasteiger partial charge in [-0.05, 0) is 47.5 Å². The Balaban J connectivity index is 1.50. The van der Waals surface area contributed by atoms with Gasteiger partial charge in [-0.1, -0.05) is 24.3 Å². The molecule has 0 radical (unpaired) electrons. The standard InChI is InChI=1S/C21H20N2O3/c22-12-16-4-1-6-18(10-16)15-26-19-7-2-5-17(11-19)13-23-14-20(24)21-8-3-9-25-21/h1-11,20,23-24H,13-15H2. The zero-order valence-electron chi connectivity index (χ0n) is 14.3. The third kappa shape index (κ3) is 4.96. The molecule has 0 aliphatic rings. The van der Waals surface area contributed by atoms with E-state index in [4.69, 9.17) is 14.4 Å². The van der Waals surface area contributed by atoms with Crippen molar-refractivity contribution in [3.8, 4) is 11.8 Å². The van der Waals surface area contributed by atoms with Crippen molar-refractivity contribution in [1.29, 1.82) is 5.26 Å². The Kier molecular flexibility index (Phi) is 6.05. The summed E-state index contributed by atoms with van der Waals surface area (Å²) in [5, 5.41) is 22.1. The molecule has 1 unspecified atom stereocenters. The fourth-order valence-electron chi connectivity index (χ4n) is 2.58. The molecule has 3 aromatic rings. The molecule has 0 amide bonds. The Morgan fingerprint density at radius 2 is 1.92 bits per heavy atom. The molecular formula is C21H20N2O3. The molecule has 0 spiro atoms. The second kappa shape index (κ2) is 8.86. The van der Waals surface area contributed by atoms with E-state index < -0.39 is 6.10 Å². The van der Waals surface area contributed by atoms with E-state index in [0.29, 0.717) is 31.0 Å². The molecule has 2 N–H and O–H groups in total. The minimum Gasteiger partial charge on any atom is -0.489 e. The van der Waals surface area contributed by atoms with Crippen molar-refractivity contribution in [1.82, 2.24) is 5.32 Å². The van der Waals surface area contributed by atoms with Gasteiger partial charge in [-0.15, -0.1) is 0 Å². The first-order valence-electron chi connectivity index (χ1n) is 8.37. The zero-order valence-corrected chi connectivity index (χ0v) is 14.3. The number of aliphatic hydroxyl groups is 1. The Morgan fingerprint density at radius 1 is 1.08 bits per heavy atom. The van der Waals surface area contributed by atoms with E-state index in [9.17, 15) is 5.11 Å².